The Morgan fingerprint density at radius 1 is 1.50 bits per heavy atom. The van der Waals surface area contributed by atoms with E-state index < -0.39 is 0 Å². The molecule has 0 aliphatic heterocycles. The molecule has 0 radical (unpaired) electrons. The van der Waals surface area contributed by atoms with E-state index in [1.807, 2.05) is 37.2 Å². The zero-order chi connectivity index (χ0) is 14.7. The van der Waals surface area contributed by atoms with E-state index in [1.54, 1.807) is 5.38 Å². The summed E-state index contributed by atoms with van der Waals surface area (Å²) in [5.74, 6) is -0.114. The van der Waals surface area contributed by atoms with E-state index in [9.17, 15) is 4.79 Å². The summed E-state index contributed by atoms with van der Waals surface area (Å²) in [4.78, 5) is 18.1. The molecule has 2 rings (SSSR count). The Morgan fingerprint density at radius 3 is 2.85 bits per heavy atom. The molecular weight excluding hydrogens is 340 g/mol. The highest BCUT2D eigenvalue weighted by Gasteiger charge is 2.11. The smallest absolute Gasteiger partial charge is 0.230 e. The fourth-order valence-electron chi connectivity index (χ4n) is 1.76. The lowest BCUT2D eigenvalue weighted by molar-refractivity contribution is -0.115. The second-order valence-electron chi connectivity index (χ2n) is 4.46. The molecule has 0 fully saturated rings. The van der Waals surface area contributed by atoms with Crippen LogP contribution in [0.3, 0.4) is 0 Å². The van der Waals surface area contributed by atoms with Gasteiger partial charge in [0.25, 0.3) is 0 Å². The van der Waals surface area contributed by atoms with E-state index in [2.05, 4.69) is 26.2 Å². The zero-order valence-electron chi connectivity index (χ0n) is 11.2. The third-order valence-corrected chi connectivity index (χ3v) is 3.84. The van der Waals surface area contributed by atoms with Gasteiger partial charge in [-0.2, -0.15) is 0 Å². The van der Waals surface area contributed by atoms with Crippen LogP contribution in [0.4, 0.5) is 16.5 Å². The van der Waals surface area contributed by atoms with E-state index in [1.165, 1.54) is 11.3 Å². The minimum Gasteiger partial charge on any atom is -0.376 e. The molecule has 0 saturated heterocycles. The molecule has 2 aromatic rings. The molecule has 5 nitrogen and oxygen atoms in total. The molecule has 0 bridgehead atoms. The van der Waals surface area contributed by atoms with Crippen LogP contribution in [-0.2, 0) is 11.2 Å². The number of hydrogen-bond acceptors (Lipinski definition) is 5. The first-order chi connectivity index (χ1) is 9.45. The highest BCUT2D eigenvalue weighted by Crippen LogP contribution is 2.28. The normalized spacial score (nSPS) is 10.3. The summed E-state index contributed by atoms with van der Waals surface area (Å²) in [5.41, 5.74) is 7.95. The number of nitrogen functional groups attached to an aromatic ring is 1. The minimum absolute atomic E-state index is 0.114. The van der Waals surface area contributed by atoms with Crippen LogP contribution in [0.1, 0.15) is 5.69 Å². The molecule has 1 aromatic carbocycles. The number of carbonyl (C=O) groups excluding carboxylic acids is 1. The lowest BCUT2D eigenvalue weighted by atomic mass is 10.2. The first-order valence-electron chi connectivity index (χ1n) is 5.92. The van der Waals surface area contributed by atoms with Crippen molar-refractivity contribution in [2.45, 2.75) is 6.42 Å². The van der Waals surface area contributed by atoms with Gasteiger partial charge in [-0.05, 0) is 18.2 Å². The summed E-state index contributed by atoms with van der Waals surface area (Å²) < 4.78 is 0.913. The van der Waals surface area contributed by atoms with Crippen molar-refractivity contribution in [1.29, 1.82) is 0 Å². The molecule has 20 heavy (non-hydrogen) atoms. The number of nitrogens with two attached hydrogens (primary N) is 1. The Bertz CT molecular complexity index is 627. The molecule has 7 heteroatoms. The number of rotatable bonds is 4. The van der Waals surface area contributed by atoms with Crippen LogP contribution in [0.15, 0.2) is 28.1 Å². The van der Waals surface area contributed by atoms with Crippen molar-refractivity contribution in [2.75, 3.05) is 30.0 Å². The van der Waals surface area contributed by atoms with Gasteiger partial charge in [0, 0.05) is 23.9 Å². The van der Waals surface area contributed by atoms with Crippen LogP contribution in [0.25, 0.3) is 0 Å². The third-order valence-electron chi connectivity index (χ3n) is 2.63. The number of nitrogens with zero attached hydrogens (tertiary/aromatic N) is 2. The van der Waals surface area contributed by atoms with E-state index in [0.29, 0.717) is 10.8 Å². The number of nitrogens with one attached hydrogen (secondary N) is 1. The number of carbonyl (C=O) groups is 1. The quantitative estimate of drug-likeness (QED) is 0.885. The molecule has 1 aromatic heterocycles. The van der Waals surface area contributed by atoms with Gasteiger partial charge in [0.15, 0.2) is 5.13 Å². The van der Waals surface area contributed by atoms with Crippen molar-refractivity contribution in [2.24, 2.45) is 0 Å². The number of benzene rings is 1. The topological polar surface area (TPSA) is 71.2 Å². The van der Waals surface area contributed by atoms with Crippen LogP contribution in [0.2, 0.25) is 0 Å². The summed E-state index contributed by atoms with van der Waals surface area (Å²) in [6.45, 7) is 0. The van der Waals surface area contributed by atoms with Gasteiger partial charge in [-0.1, -0.05) is 15.9 Å². The van der Waals surface area contributed by atoms with Gasteiger partial charge in [-0.3, -0.25) is 4.79 Å². The molecular formula is C13H15BrN4OS. The van der Waals surface area contributed by atoms with E-state index >= 15 is 0 Å². The number of thiazole rings is 1. The number of halogens is 1. The Labute approximate surface area is 129 Å². The largest absolute Gasteiger partial charge is 0.376 e. The highest BCUT2D eigenvalue weighted by atomic mass is 79.9. The van der Waals surface area contributed by atoms with Crippen molar-refractivity contribution in [3.63, 3.8) is 0 Å². The summed E-state index contributed by atoms with van der Waals surface area (Å²) in [6.07, 6.45) is 0.215. The number of amides is 1. The predicted molar refractivity (Wildman–Crippen MR) is 87.3 cm³/mol. The average Bonchev–Trinajstić information content (AvgIpc) is 2.74. The number of hydrogen-bond donors (Lipinski definition) is 2. The maximum absolute atomic E-state index is 12.1. The summed E-state index contributed by atoms with van der Waals surface area (Å²) in [6, 6.07) is 5.76. The van der Waals surface area contributed by atoms with Gasteiger partial charge in [-0.15, -0.1) is 11.3 Å². The van der Waals surface area contributed by atoms with Gasteiger partial charge in [0.05, 0.1) is 23.5 Å². The van der Waals surface area contributed by atoms with Crippen molar-refractivity contribution >= 4 is 49.7 Å². The summed E-state index contributed by atoms with van der Waals surface area (Å²) >= 11 is 4.74. The molecule has 0 atom stereocenters. The van der Waals surface area contributed by atoms with Crippen molar-refractivity contribution in [1.82, 2.24) is 4.98 Å². The Hall–Kier alpha value is -1.60. The van der Waals surface area contributed by atoms with Gasteiger partial charge >= 0.3 is 0 Å². The predicted octanol–water partition coefficient (Wildman–Crippen LogP) is 2.74. The van der Waals surface area contributed by atoms with Crippen molar-refractivity contribution in [3.05, 3.63) is 33.7 Å². The molecule has 0 saturated carbocycles. The standard InChI is InChI=1S/C13H15BrN4OS/c1-18(2)11-4-3-8(14)5-10(11)17-12(19)6-9-7-20-13(15)16-9/h3-5,7H,6H2,1-2H3,(H2,15,16)(H,17,19). The second kappa shape index (κ2) is 6.23. The van der Waals surface area contributed by atoms with E-state index in [0.717, 1.165) is 15.8 Å². The van der Waals surface area contributed by atoms with Gasteiger partial charge in [0.2, 0.25) is 5.91 Å². The first-order valence-corrected chi connectivity index (χ1v) is 7.59. The monoisotopic (exact) mass is 354 g/mol. The van der Waals surface area contributed by atoms with Crippen LogP contribution in [0, 0.1) is 0 Å². The highest BCUT2D eigenvalue weighted by molar-refractivity contribution is 9.10. The summed E-state index contributed by atoms with van der Waals surface area (Å²) in [7, 11) is 3.86. The van der Waals surface area contributed by atoms with E-state index in [4.69, 9.17) is 5.73 Å². The summed E-state index contributed by atoms with van der Waals surface area (Å²) in [5, 5.41) is 5.17. The SMILES string of the molecule is CN(C)c1ccc(Br)cc1NC(=O)Cc1csc(N)n1. The molecule has 3 N–H and O–H groups in total. The maximum Gasteiger partial charge on any atom is 0.230 e. The van der Waals surface area contributed by atoms with Crippen LogP contribution in [0.5, 0.6) is 0 Å². The average molecular weight is 355 g/mol. The molecule has 0 unspecified atom stereocenters. The number of aromatic nitrogens is 1. The van der Waals surface area contributed by atoms with Gasteiger partial charge < -0.3 is 16.0 Å². The molecule has 0 spiro atoms. The Balaban J connectivity index is 2.12. The zero-order valence-corrected chi connectivity index (χ0v) is 13.6. The molecule has 0 aliphatic carbocycles. The fourth-order valence-corrected chi connectivity index (χ4v) is 2.68. The first kappa shape index (κ1) is 14.8. The van der Waals surface area contributed by atoms with Gasteiger partial charge in [-0.25, -0.2) is 4.98 Å². The van der Waals surface area contributed by atoms with E-state index in [-0.39, 0.29) is 12.3 Å². The Morgan fingerprint density at radius 2 is 2.25 bits per heavy atom. The molecule has 1 amide bonds. The van der Waals surface area contributed by atoms with Crippen LogP contribution < -0.4 is 16.0 Å². The minimum atomic E-state index is -0.114. The lowest BCUT2D eigenvalue weighted by Gasteiger charge is -2.18. The fraction of sp³-hybridized carbons (Fsp3) is 0.231. The van der Waals surface area contributed by atoms with Gasteiger partial charge in [0.1, 0.15) is 0 Å². The third kappa shape index (κ3) is 3.71. The van der Waals surface area contributed by atoms with Crippen LogP contribution in [-0.4, -0.2) is 25.0 Å². The van der Waals surface area contributed by atoms with Crippen LogP contribution >= 0.6 is 27.3 Å². The molecule has 106 valence electrons. The number of anilines is 3. The Kier molecular flexibility index (Phi) is 4.61. The second-order valence-corrected chi connectivity index (χ2v) is 6.26. The van der Waals surface area contributed by atoms with Crippen molar-refractivity contribution in [3.8, 4) is 0 Å². The molecule has 1 heterocycles. The maximum atomic E-state index is 12.1. The lowest BCUT2D eigenvalue weighted by Crippen LogP contribution is -2.18. The molecule has 0 aliphatic rings. The van der Waals surface area contributed by atoms with Crippen molar-refractivity contribution < 1.29 is 4.79 Å².